The maximum Gasteiger partial charge on any atom is 0.410 e. The molecule has 0 unspecified atom stereocenters. The summed E-state index contributed by atoms with van der Waals surface area (Å²) in [5, 5.41) is 13.1. The summed E-state index contributed by atoms with van der Waals surface area (Å²) in [4.78, 5) is 96.6. The van der Waals surface area contributed by atoms with Crippen LogP contribution in [0.2, 0.25) is 5.02 Å². The number of rotatable bonds is 22. The van der Waals surface area contributed by atoms with E-state index >= 15 is 0 Å². The molecule has 5 aromatic carbocycles. The number of nitrogens with two attached hydrogens (primary N) is 5. The van der Waals surface area contributed by atoms with Gasteiger partial charge in [-0.05, 0) is 253 Å². The lowest BCUT2D eigenvalue weighted by atomic mass is 9.91. The number of fused-ring (bicyclic) bond motifs is 1. The normalized spacial score (nSPS) is 13.8. The van der Waals surface area contributed by atoms with Crippen LogP contribution in [0.4, 0.5) is 61.6 Å². The predicted octanol–water partition coefficient (Wildman–Crippen LogP) is 18.2. The second-order valence-corrected chi connectivity index (χ2v) is 36.5. The van der Waals surface area contributed by atoms with Crippen molar-refractivity contribution < 1.29 is 38.1 Å². The number of unbranched alkanes of at least 4 members (excludes halogenated alkanes) is 1. The Hall–Kier alpha value is -13.0. The number of carbonyl (C=O) groups excluding carboxylic acids is 4. The number of aryl methyl sites for hydroxylation is 5. The van der Waals surface area contributed by atoms with Crippen LogP contribution in [0.25, 0.3) is 62.4 Å². The molecule has 5 aromatic heterocycles. The molecule has 1 aliphatic carbocycles. The number of alkyl carbamates (subject to hydrolysis) is 1. The average Bonchev–Trinajstić information content (AvgIpc) is 1.52. The first-order valence-electron chi connectivity index (χ1n) is 44.6. The molecule has 14 rings (SSSR count). The van der Waals surface area contributed by atoms with E-state index in [2.05, 4.69) is 173 Å². The van der Waals surface area contributed by atoms with Gasteiger partial charge in [0.2, 0.25) is 35.6 Å². The van der Waals surface area contributed by atoms with Crippen LogP contribution < -0.4 is 54.7 Å². The minimum atomic E-state index is -0.519. The van der Waals surface area contributed by atoms with Crippen LogP contribution in [0.1, 0.15) is 175 Å². The molecule has 0 atom stereocenters. The maximum absolute atomic E-state index is 12.3. The predicted molar refractivity (Wildman–Crippen MR) is 521 cm³/mol. The topological polar surface area (TPSA) is 422 Å². The fourth-order valence-electron chi connectivity index (χ4n) is 15.4. The molecule has 4 aliphatic rings. The van der Waals surface area contributed by atoms with Crippen molar-refractivity contribution in [3.05, 3.63) is 188 Å². The Morgan fingerprint density at radius 3 is 1.59 bits per heavy atom. The molecule has 3 fully saturated rings. The van der Waals surface area contributed by atoms with Crippen LogP contribution in [-0.4, -0.2) is 179 Å². The summed E-state index contributed by atoms with van der Waals surface area (Å²) in [5.74, 6) is 4.74. The summed E-state index contributed by atoms with van der Waals surface area (Å²) in [7, 11) is 3.36. The van der Waals surface area contributed by atoms with Crippen molar-refractivity contribution in [2.24, 2.45) is 11.3 Å². The Kier molecular flexibility index (Phi) is 34.6. The van der Waals surface area contributed by atoms with Crippen molar-refractivity contribution in [3.8, 4) is 62.0 Å². The summed E-state index contributed by atoms with van der Waals surface area (Å²) in [6.45, 7) is 37.6. The minimum absolute atomic E-state index is 0.216. The highest BCUT2D eigenvalue weighted by molar-refractivity contribution is 6.32. The van der Waals surface area contributed by atoms with Crippen LogP contribution in [-0.2, 0) is 38.3 Å². The number of anilines is 8. The first kappa shape index (κ1) is 99.2. The van der Waals surface area contributed by atoms with Crippen molar-refractivity contribution in [2.75, 3.05) is 118 Å². The number of amides is 4. The first-order valence-corrected chi connectivity index (χ1v) is 44.9. The van der Waals surface area contributed by atoms with Crippen molar-refractivity contribution in [3.63, 3.8) is 0 Å². The standard InChI is InChI=1S/C23H32N4O2.C22H33N5O2.C21H24N4O.C20H27N5O2.C13H15ClN4O/c1-15-7-6-8-19(16(15)2)20-14-18(25-21(24)26-20)13-17-9-11-27(12-10-17)22(28)29-23(3,4)5;1-14-9-8-10-16(15(14)2)17-11-18(27-19(23)26-17)24-12-22(6,7)13-25-20(28)29-21(3,4)5;22-21-23-18(7-1-2-11-25-12-4-8-20(25)26)14-19(24-21)17-10-9-15-5-3-6-16(15)13-17;1-4-27-20(26)25-10-8-15(9-11-25)22-18-12-17(23-19(21)24-18)16-7-5-6-13(2)14(16)3;1-7-4-11(19-3)9(14)5-8(7)10-6-12(16-2)18-13(15)17-10/h6-8,14,17H,9-13H2,1-5H3,(H2,24,25,26);8-11H,12-13H2,1-7H3,(H,25,28)(H3,23,24,26,27);3,6,9-10,13-14H,1-2,4-5,7-8,11-12H2,(H2,22,23,24);5-7,12,15H,4,8-11H2,1-3H3,(H3,21,22,23,24);4-6H,1-3H3,(H3,15,16,17,18). The van der Waals surface area contributed by atoms with Crippen molar-refractivity contribution in [2.45, 2.75) is 199 Å². The fourth-order valence-corrected chi connectivity index (χ4v) is 15.6. The molecular weight excluding hydrogens is 1660 g/mol. The number of benzene rings is 5. The van der Waals surface area contributed by atoms with Crippen LogP contribution >= 0.6 is 11.6 Å². The van der Waals surface area contributed by atoms with Gasteiger partial charge in [0.05, 0.1) is 47.2 Å². The number of nitrogens with one attached hydrogen (secondary N) is 4. The zero-order valence-corrected chi connectivity index (χ0v) is 79.5. The molecule has 0 radical (unpaired) electrons. The van der Waals surface area contributed by atoms with E-state index in [0.717, 1.165) is 151 Å². The van der Waals surface area contributed by atoms with Gasteiger partial charge in [0.15, 0.2) is 0 Å². The van der Waals surface area contributed by atoms with Gasteiger partial charge in [-0.25, -0.2) is 49.3 Å². The molecule has 30 nitrogen and oxygen atoms in total. The number of aromatic nitrogens is 10. The summed E-state index contributed by atoms with van der Waals surface area (Å²) >= 11 is 6.15. The number of piperidine rings is 2. The van der Waals surface area contributed by atoms with Gasteiger partial charge in [0, 0.05) is 129 Å². The van der Waals surface area contributed by atoms with E-state index in [4.69, 9.17) is 59.2 Å². The zero-order chi connectivity index (χ0) is 94.3. The molecule has 4 amide bonds. The van der Waals surface area contributed by atoms with Gasteiger partial charge in [0.25, 0.3) is 0 Å². The van der Waals surface area contributed by atoms with E-state index in [1.165, 1.54) is 44.5 Å². The highest BCUT2D eigenvalue weighted by Crippen LogP contribution is 2.36. The van der Waals surface area contributed by atoms with Crippen LogP contribution in [0.15, 0.2) is 121 Å². The summed E-state index contributed by atoms with van der Waals surface area (Å²) < 4.78 is 21.0. The minimum Gasteiger partial charge on any atom is -0.495 e. The molecule has 3 aliphatic heterocycles. The molecule has 130 heavy (non-hydrogen) atoms. The Labute approximate surface area is 770 Å². The van der Waals surface area contributed by atoms with Crippen LogP contribution in [0.3, 0.4) is 0 Å². The quantitative estimate of drug-likeness (QED) is 0.0225. The number of methoxy groups -OCH3 is 1. The van der Waals surface area contributed by atoms with Gasteiger partial charge < -0.3 is 83.6 Å². The van der Waals surface area contributed by atoms with Gasteiger partial charge >= 0.3 is 18.3 Å². The summed E-state index contributed by atoms with van der Waals surface area (Å²) in [6.07, 6.45) is 13.4. The summed E-state index contributed by atoms with van der Waals surface area (Å²) in [6, 6.07) is 38.6. The van der Waals surface area contributed by atoms with E-state index < -0.39 is 17.3 Å². The number of hydrogen-bond donors (Lipinski definition) is 9. The lowest BCUT2D eigenvalue weighted by Crippen LogP contribution is -2.42. The number of halogens is 1. The van der Waals surface area contributed by atoms with E-state index in [-0.39, 0.29) is 41.5 Å². The average molecular weight is 1790 g/mol. The highest BCUT2D eigenvalue weighted by atomic mass is 35.5. The second-order valence-electron chi connectivity index (χ2n) is 36.0. The lowest BCUT2D eigenvalue weighted by Gasteiger charge is -2.33. The number of ether oxygens (including phenoxy) is 4. The van der Waals surface area contributed by atoms with Crippen LogP contribution in [0.5, 0.6) is 5.75 Å². The number of nitrogen functional groups attached to an aromatic ring is 5. The third-order valence-electron chi connectivity index (χ3n) is 22.9. The fraction of sp³-hybridized carbons (Fsp3) is 0.434. The molecule has 10 aromatic rings. The van der Waals surface area contributed by atoms with Crippen molar-refractivity contribution in [1.82, 2.24) is 69.9 Å². The summed E-state index contributed by atoms with van der Waals surface area (Å²) in [5.41, 5.74) is 50.3. The molecule has 14 N–H and O–H groups in total. The van der Waals surface area contributed by atoms with E-state index in [0.29, 0.717) is 104 Å². The third-order valence-corrected chi connectivity index (χ3v) is 23.1. The van der Waals surface area contributed by atoms with E-state index in [1.807, 2.05) is 141 Å². The first-order chi connectivity index (χ1) is 61.7. The Bertz CT molecular complexity index is 5620. The number of nitrogens with zero attached hydrogens (tertiary/aromatic N) is 13. The van der Waals surface area contributed by atoms with Crippen molar-refractivity contribution in [1.29, 1.82) is 0 Å². The van der Waals surface area contributed by atoms with Gasteiger partial charge in [-0.3, -0.25) is 4.79 Å². The molecule has 8 heterocycles. The monoisotopic (exact) mass is 1790 g/mol. The molecule has 3 saturated heterocycles. The maximum atomic E-state index is 12.3. The number of hydrogen-bond acceptors (Lipinski definition) is 26. The zero-order valence-electron chi connectivity index (χ0n) is 78.8. The molecule has 0 spiro atoms. The SMILES string of the molecule is CCOC(=O)N1CCC(Nc2cc(-c3cccc(C)c3C)nc(N)n2)CC1.CNc1cc(-c2cc(Cl)c(OC)cc2C)nc(N)n1.Cc1cccc(-c2cc(CC3CCN(C(=O)OC(C)(C)C)CC3)nc(N)n2)c1C.Cc1cccc(-c2cc(NCC(C)(C)CNC(=O)OC(C)(C)C)nc(N)n2)c1C.Nc1nc(CCCCN2CCCC2=O)cc(-c2ccc3c(c2)C=CC3)n1. The van der Waals surface area contributed by atoms with Gasteiger partial charge in [-0.15, -0.1) is 0 Å². The van der Waals surface area contributed by atoms with Crippen LogP contribution in [0, 0.1) is 59.8 Å². The van der Waals surface area contributed by atoms with E-state index in [9.17, 15) is 19.2 Å². The smallest absolute Gasteiger partial charge is 0.410 e. The van der Waals surface area contributed by atoms with Gasteiger partial charge in [-0.1, -0.05) is 104 Å². The molecular formula is C99H131ClN22O8. The highest BCUT2D eigenvalue weighted by Gasteiger charge is 2.30. The largest absolute Gasteiger partial charge is 0.495 e. The molecule has 0 saturated carbocycles. The van der Waals surface area contributed by atoms with Gasteiger partial charge in [0.1, 0.15) is 34.4 Å². The Morgan fingerprint density at radius 1 is 0.531 bits per heavy atom. The van der Waals surface area contributed by atoms with Crippen molar-refractivity contribution >= 4 is 89.1 Å². The van der Waals surface area contributed by atoms with E-state index in [1.54, 1.807) is 24.0 Å². The number of likely N-dealkylation sites (tertiary alicyclic amines) is 3. The number of allylic oxidation sites excluding steroid dienone is 1. The lowest BCUT2D eigenvalue weighted by molar-refractivity contribution is -0.127. The molecule has 692 valence electrons. The number of carbonyl (C=O) groups is 4. The third kappa shape index (κ3) is 29.3. The molecule has 0 bridgehead atoms. The Morgan fingerprint density at radius 2 is 1.04 bits per heavy atom. The Balaban J connectivity index is 0.000000170. The van der Waals surface area contributed by atoms with Gasteiger partial charge in [-0.2, -0.15) is 15.0 Å². The molecule has 31 heteroatoms. The second kappa shape index (κ2) is 45.3.